The molecule has 96 valence electrons. The smallest absolute Gasteiger partial charge is 0.377 e. The maximum atomic E-state index is 10.8. The van der Waals surface area contributed by atoms with E-state index in [-0.39, 0.29) is 5.82 Å². The first-order valence-electron chi connectivity index (χ1n) is 6.73. The van der Waals surface area contributed by atoms with Crippen LogP contribution in [0.25, 0.3) is 0 Å². The van der Waals surface area contributed by atoms with Gasteiger partial charge in [0.25, 0.3) is 5.82 Å². The van der Waals surface area contributed by atoms with Gasteiger partial charge in [-0.3, -0.25) is 0 Å². The Bertz CT molecular complexity index is 470. The van der Waals surface area contributed by atoms with Crippen LogP contribution in [0.4, 0.5) is 0 Å². The molecule has 4 fully saturated rings. The van der Waals surface area contributed by atoms with E-state index in [1.165, 1.54) is 32.1 Å². The molecule has 0 spiro atoms. The van der Waals surface area contributed by atoms with Crippen molar-refractivity contribution in [2.45, 2.75) is 38.1 Å². The number of tetrazole rings is 1. The monoisotopic (exact) mass is 248 g/mol. The van der Waals surface area contributed by atoms with Gasteiger partial charge in [-0.15, -0.1) is 10.2 Å². The number of nitrogens with zero attached hydrogens (tertiary/aromatic N) is 4. The predicted molar refractivity (Wildman–Crippen MR) is 60.9 cm³/mol. The van der Waals surface area contributed by atoms with E-state index in [4.69, 9.17) is 5.11 Å². The lowest BCUT2D eigenvalue weighted by atomic mass is 9.54. The summed E-state index contributed by atoms with van der Waals surface area (Å²) in [4.78, 5) is 12.4. The molecule has 4 saturated carbocycles. The summed E-state index contributed by atoms with van der Waals surface area (Å²) in [6.45, 7) is 0. The lowest BCUT2D eigenvalue weighted by Crippen LogP contribution is -2.46. The Balaban J connectivity index is 1.66. The third-order valence-corrected chi connectivity index (χ3v) is 5.06. The molecule has 0 amide bonds. The summed E-state index contributed by atoms with van der Waals surface area (Å²) >= 11 is 0. The van der Waals surface area contributed by atoms with Crippen LogP contribution in [-0.2, 0) is 0 Å². The minimum Gasteiger partial charge on any atom is -0.475 e. The first-order valence-corrected chi connectivity index (χ1v) is 6.73. The van der Waals surface area contributed by atoms with Crippen molar-refractivity contribution in [2.24, 2.45) is 23.7 Å². The van der Waals surface area contributed by atoms with Gasteiger partial charge in [0.2, 0.25) is 0 Å². The van der Waals surface area contributed by atoms with Crippen LogP contribution >= 0.6 is 0 Å². The highest BCUT2D eigenvalue weighted by atomic mass is 16.4. The van der Waals surface area contributed by atoms with Crippen LogP contribution in [0.1, 0.15) is 48.8 Å². The number of carbonyl (C=O) groups is 1. The van der Waals surface area contributed by atoms with Crippen LogP contribution in [0.15, 0.2) is 0 Å². The van der Waals surface area contributed by atoms with Crippen molar-refractivity contribution in [2.75, 3.05) is 0 Å². The van der Waals surface area contributed by atoms with Crippen molar-refractivity contribution in [1.82, 2.24) is 20.2 Å². The lowest BCUT2D eigenvalue weighted by Gasteiger charge is -2.53. The summed E-state index contributed by atoms with van der Waals surface area (Å²) in [6.07, 6.45) is 6.47. The van der Waals surface area contributed by atoms with Crippen LogP contribution in [0, 0.1) is 23.7 Å². The molecule has 6 nitrogen and oxygen atoms in total. The minimum absolute atomic E-state index is 0.177. The zero-order valence-corrected chi connectivity index (χ0v) is 10.1. The molecule has 18 heavy (non-hydrogen) atoms. The van der Waals surface area contributed by atoms with E-state index in [1.807, 2.05) is 0 Å². The second-order valence-electron chi connectivity index (χ2n) is 6.16. The molecule has 0 unspecified atom stereocenters. The van der Waals surface area contributed by atoms with Gasteiger partial charge >= 0.3 is 5.97 Å². The van der Waals surface area contributed by atoms with Crippen molar-refractivity contribution < 1.29 is 9.90 Å². The quantitative estimate of drug-likeness (QED) is 0.854. The summed E-state index contributed by atoms with van der Waals surface area (Å²) in [5, 5.41) is 20.5. The minimum atomic E-state index is -1.09. The van der Waals surface area contributed by atoms with E-state index in [0.717, 1.165) is 11.8 Å². The van der Waals surface area contributed by atoms with Gasteiger partial charge in [0, 0.05) is 0 Å². The van der Waals surface area contributed by atoms with Gasteiger partial charge < -0.3 is 5.11 Å². The Morgan fingerprint density at radius 2 is 1.72 bits per heavy atom. The fourth-order valence-corrected chi connectivity index (χ4v) is 4.71. The van der Waals surface area contributed by atoms with E-state index >= 15 is 0 Å². The topological polar surface area (TPSA) is 80.9 Å². The van der Waals surface area contributed by atoms with Crippen LogP contribution in [0.5, 0.6) is 0 Å². The molecule has 1 aromatic heterocycles. The van der Waals surface area contributed by atoms with Gasteiger partial charge in [0.1, 0.15) is 0 Å². The number of aromatic carboxylic acids is 1. The molecule has 1 heterocycles. The first kappa shape index (κ1) is 10.5. The van der Waals surface area contributed by atoms with Crippen LogP contribution in [-0.4, -0.2) is 31.3 Å². The molecule has 0 aliphatic heterocycles. The highest BCUT2D eigenvalue weighted by Crippen LogP contribution is 2.57. The van der Waals surface area contributed by atoms with E-state index in [9.17, 15) is 4.79 Å². The van der Waals surface area contributed by atoms with Crippen molar-refractivity contribution >= 4 is 5.97 Å². The molecule has 1 aromatic rings. The molecule has 4 aliphatic carbocycles. The van der Waals surface area contributed by atoms with Crippen molar-refractivity contribution in [3.63, 3.8) is 0 Å². The molecular formula is C12H16N4O2. The van der Waals surface area contributed by atoms with Crippen molar-refractivity contribution in [3.8, 4) is 0 Å². The zero-order valence-electron chi connectivity index (χ0n) is 10.1. The molecule has 6 heteroatoms. The van der Waals surface area contributed by atoms with Crippen LogP contribution in [0.2, 0.25) is 0 Å². The summed E-state index contributed by atoms with van der Waals surface area (Å²) in [6, 6.07) is 0.290. The normalized spacial score (nSPS) is 41.2. The van der Waals surface area contributed by atoms with Crippen LogP contribution in [0.3, 0.4) is 0 Å². The lowest BCUT2D eigenvalue weighted by molar-refractivity contribution is -0.0396. The van der Waals surface area contributed by atoms with E-state index < -0.39 is 5.97 Å². The number of rotatable bonds is 2. The highest BCUT2D eigenvalue weighted by Gasteiger charge is 2.49. The first-order chi connectivity index (χ1) is 8.70. The Morgan fingerprint density at radius 1 is 1.11 bits per heavy atom. The number of hydrogen-bond acceptors (Lipinski definition) is 4. The van der Waals surface area contributed by atoms with Gasteiger partial charge in [0.05, 0.1) is 6.04 Å². The zero-order chi connectivity index (χ0) is 12.3. The largest absolute Gasteiger partial charge is 0.475 e. The number of hydrogen-bond donors (Lipinski definition) is 1. The second kappa shape index (κ2) is 3.52. The Hall–Kier alpha value is -1.46. The van der Waals surface area contributed by atoms with Crippen molar-refractivity contribution in [1.29, 1.82) is 0 Å². The molecule has 4 aliphatic rings. The predicted octanol–water partition coefficient (Wildman–Crippen LogP) is 1.37. The van der Waals surface area contributed by atoms with Crippen molar-refractivity contribution in [3.05, 3.63) is 5.82 Å². The highest BCUT2D eigenvalue weighted by molar-refractivity contribution is 5.82. The molecule has 5 rings (SSSR count). The fourth-order valence-electron chi connectivity index (χ4n) is 4.71. The molecule has 0 atom stereocenters. The Labute approximate surface area is 104 Å². The second-order valence-corrected chi connectivity index (χ2v) is 6.16. The summed E-state index contributed by atoms with van der Waals surface area (Å²) in [7, 11) is 0. The summed E-state index contributed by atoms with van der Waals surface area (Å²) in [5.41, 5.74) is 0. The van der Waals surface area contributed by atoms with Gasteiger partial charge in [0.15, 0.2) is 0 Å². The van der Waals surface area contributed by atoms with Crippen LogP contribution < -0.4 is 0 Å². The summed E-state index contributed by atoms with van der Waals surface area (Å²) < 4.78 is 0. The van der Waals surface area contributed by atoms with E-state index in [1.54, 1.807) is 4.80 Å². The Morgan fingerprint density at radius 3 is 2.22 bits per heavy atom. The summed E-state index contributed by atoms with van der Waals surface area (Å²) in [5.74, 6) is 1.79. The number of carboxylic acids is 1. The average Bonchev–Trinajstić information content (AvgIpc) is 2.77. The van der Waals surface area contributed by atoms with E-state index in [0.29, 0.717) is 17.9 Å². The maximum Gasteiger partial charge on any atom is 0.377 e. The molecule has 0 aromatic carbocycles. The fraction of sp³-hybridized carbons (Fsp3) is 0.833. The SMILES string of the molecule is O=C(O)c1nnn(C2C3CC4CC(C3)CC2C4)n1. The molecule has 1 N–H and O–H groups in total. The molecular weight excluding hydrogens is 232 g/mol. The average molecular weight is 248 g/mol. The number of aromatic nitrogens is 4. The maximum absolute atomic E-state index is 10.8. The van der Waals surface area contributed by atoms with Gasteiger partial charge in [-0.1, -0.05) is 0 Å². The molecule has 0 radical (unpaired) electrons. The molecule has 0 saturated heterocycles. The van der Waals surface area contributed by atoms with E-state index in [2.05, 4.69) is 15.4 Å². The van der Waals surface area contributed by atoms with Gasteiger partial charge in [-0.05, 0) is 61.0 Å². The Kier molecular flexibility index (Phi) is 2.05. The van der Waals surface area contributed by atoms with Gasteiger partial charge in [-0.25, -0.2) is 4.79 Å². The number of carboxylic acid groups (broad SMARTS) is 1. The standard InChI is InChI=1S/C12H16N4O2/c17-12(18)11-13-15-16(14-11)10-8-2-6-1-7(4-8)5-9(10)3-6/h6-10H,1-5H2,(H,17,18). The third-order valence-electron chi connectivity index (χ3n) is 5.06. The van der Waals surface area contributed by atoms with Gasteiger partial charge in [-0.2, -0.15) is 4.80 Å². The third kappa shape index (κ3) is 1.41. The molecule has 4 bridgehead atoms.